The third-order valence-electron chi connectivity index (χ3n) is 5.69. The second-order valence-electron chi connectivity index (χ2n) is 7.55. The number of urea groups is 1. The van der Waals surface area contributed by atoms with Gasteiger partial charge in [0.25, 0.3) is 11.8 Å². The average molecular weight is 420 g/mol. The number of hydrogen-bond acceptors (Lipinski definition) is 6. The number of likely N-dealkylation sites (tertiary alicyclic amines) is 1. The van der Waals surface area contributed by atoms with E-state index in [4.69, 9.17) is 8.94 Å². The smallest absolute Gasteiger partial charge is 0.332 e. The molecule has 2 aromatic heterocycles. The fourth-order valence-electron chi connectivity index (χ4n) is 4.09. The van der Waals surface area contributed by atoms with E-state index in [0.29, 0.717) is 43.1 Å². The zero-order valence-electron chi connectivity index (χ0n) is 16.6. The third kappa shape index (κ3) is 3.48. The van der Waals surface area contributed by atoms with Crippen molar-refractivity contribution in [3.8, 4) is 11.5 Å². The van der Waals surface area contributed by atoms with Crippen LogP contribution in [0.25, 0.3) is 11.5 Å². The monoisotopic (exact) mass is 420 g/mol. The number of hydrogen-bond donors (Lipinski definition) is 0. The number of para-hydroxylation sites is 1. The van der Waals surface area contributed by atoms with Gasteiger partial charge in [0.05, 0.1) is 12.0 Å². The lowest BCUT2D eigenvalue weighted by atomic mass is 10.0. The summed E-state index contributed by atoms with van der Waals surface area (Å²) in [6, 6.07) is 13.5. The molecule has 4 heterocycles. The van der Waals surface area contributed by atoms with Crippen molar-refractivity contribution in [2.45, 2.75) is 18.9 Å². The number of amides is 4. The zero-order chi connectivity index (χ0) is 21.4. The number of carbonyl (C=O) groups is 3. The first-order valence-corrected chi connectivity index (χ1v) is 10.1. The second-order valence-corrected chi connectivity index (χ2v) is 7.55. The van der Waals surface area contributed by atoms with Gasteiger partial charge in [-0.25, -0.2) is 9.69 Å². The highest BCUT2D eigenvalue weighted by atomic mass is 16.5. The molecule has 2 saturated heterocycles. The van der Waals surface area contributed by atoms with Crippen LogP contribution in [0.15, 0.2) is 63.7 Å². The molecule has 0 radical (unpaired) electrons. The van der Waals surface area contributed by atoms with Gasteiger partial charge in [-0.1, -0.05) is 23.4 Å². The minimum atomic E-state index is -0.305. The van der Waals surface area contributed by atoms with Gasteiger partial charge in [0.2, 0.25) is 5.76 Å². The predicted octanol–water partition coefficient (Wildman–Crippen LogP) is 3.01. The lowest BCUT2D eigenvalue weighted by molar-refractivity contribution is -0.116. The number of imide groups is 1. The van der Waals surface area contributed by atoms with E-state index in [0.717, 1.165) is 0 Å². The van der Waals surface area contributed by atoms with Crippen molar-refractivity contribution in [1.82, 2.24) is 15.0 Å². The molecule has 0 unspecified atom stereocenters. The summed E-state index contributed by atoms with van der Waals surface area (Å²) in [5, 5.41) is 3.87. The molecule has 3 aromatic rings. The van der Waals surface area contributed by atoms with E-state index in [1.165, 1.54) is 11.2 Å². The molecule has 0 saturated carbocycles. The molecule has 1 aromatic carbocycles. The molecule has 4 amide bonds. The van der Waals surface area contributed by atoms with Crippen molar-refractivity contribution >= 4 is 23.5 Å². The number of furan rings is 1. The highest BCUT2D eigenvalue weighted by Crippen LogP contribution is 2.27. The van der Waals surface area contributed by atoms with Crippen LogP contribution >= 0.6 is 0 Å². The number of nitrogens with zero attached hydrogens (tertiary/aromatic N) is 4. The Hall–Kier alpha value is -3.88. The molecule has 9 heteroatoms. The van der Waals surface area contributed by atoms with Crippen LogP contribution in [0.1, 0.15) is 23.3 Å². The van der Waals surface area contributed by atoms with Crippen molar-refractivity contribution in [3.63, 3.8) is 0 Å². The van der Waals surface area contributed by atoms with Crippen LogP contribution in [0.4, 0.5) is 10.5 Å². The van der Waals surface area contributed by atoms with Crippen LogP contribution in [-0.2, 0) is 4.79 Å². The van der Waals surface area contributed by atoms with Crippen molar-refractivity contribution < 1.29 is 23.3 Å². The van der Waals surface area contributed by atoms with E-state index >= 15 is 0 Å². The molecular weight excluding hydrogens is 400 g/mol. The van der Waals surface area contributed by atoms with Gasteiger partial charge in [-0.3, -0.25) is 9.59 Å². The Labute approximate surface area is 177 Å². The van der Waals surface area contributed by atoms with Crippen LogP contribution in [0, 0.1) is 0 Å². The molecule has 0 atom stereocenters. The van der Waals surface area contributed by atoms with Gasteiger partial charge in [-0.2, -0.15) is 0 Å². The van der Waals surface area contributed by atoms with Crippen molar-refractivity contribution in [2.24, 2.45) is 0 Å². The van der Waals surface area contributed by atoms with Gasteiger partial charge >= 0.3 is 6.03 Å². The molecule has 5 rings (SSSR count). The quantitative estimate of drug-likeness (QED) is 0.602. The molecule has 0 bridgehead atoms. The Bertz CT molecular complexity index is 1100. The first kappa shape index (κ1) is 19.1. The first-order valence-electron chi connectivity index (χ1n) is 10.1. The summed E-state index contributed by atoms with van der Waals surface area (Å²) in [6.45, 7) is 0.994. The largest absolute Gasteiger partial charge is 0.461 e. The van der Waals surface area contributed by atoms with E-state index in [1.807, 2.05) is 6.07 Å². The lowest BCUT2D eigenvalue weighted by Gasteiger charge is -2.35. The number of piperidine rings is 1. The summed E-state index contributed by atoms with van der Waals surface area (Å²) in [7, 11) is 0. The maximum Gasteiger partial charge on any atom is 0.332 e. The van der Waals surface area contributed by atoms with Gasteiger partial charge in [-0.05, 0) is 37.1 Å². The molecule has 0 N–H and O–H groups in total. The van der Waals surface area contributed by atoms with E-state index in [-0.39, 0.29) is 36.1 Å². The van der Waals surface area contributed by atoms with E-state index in [9.17, 15) is 14.4 Å². The minimum absolute atomic E-state index is 0.0577. The van der Waals surface area contributed by atoms with Gasteiger partial charge in [0, 0.05) is 25.2 Å². The predicted molar refractivity (Wildman–Crippen MR) is 109 cm³/mol. The van der Waals surface area contributed by atoms with Crippen molar-refractivity contribution in [1.29, 1.82) is 0 Å². The number of carbonyl (C=O) groups excluding carboxylic acids is 3. The maximum atomic E-state index is 12.9. The zero-order valence-corrected chi connectivity index (χ0v) is 16.6. The summed E-state index contributed by atoms with van der Waals surface area (Å²) < 4.78 is 10.5. The molecule has 0 aliphatic carbocycles. The summed E-state index contributed by atoms with van der Waals surface area (Å²) in [5.41, 5.74) is 0.790. The Balaban J connectivity index is 1.22. The Morgan fingerprint density at radius 2 is 1.77 bits per heavy atom. The van der Waals surface area contributed by atoms with Crippen LogP contribution in [-0.4, -0.2) is 58.5 Å². The molecule has 2 aliphatic heterocycles. The van der Waals surface area contributed by atoms with Gasteiger partial charge in [-0.15, -0.1) is 0 Å². The lowest BCUT2D eigenvalue weighted by Crippen LogP contribution is -2.48. The number of anilines is 1. The summed E-state index contributed by atoms with van der Waals surface area (Å²) in [4.78, 5) is 42.7. The van der Waals surface area contributed by atoms with E-state index < -0.39 is 0 Å². The molecule has 2 fully saturated rings. The van der Waals surface area contributed by atoms with Gasteiger partial charge < -0.3 is 18.7 Å². The van der Waals surface area contributed by atoms with Crippen molar-refractivity contribution in [3.05, 3.63) is 60.5 Å². The highest BCUT2D eigenvalue weighted by molar-refractivity contribution is 6.19. The fraction of sp³-hybridized carbons (Fsp3) is 0.273. The van der Waals surface area contributed by atoms with Crippen LogP contribution in [0.5, 0.6) is 0 Å². The summed E-state index contributed by atoms with van der Waals surface area (Å²) in [6.07, 6.45) is 2.71. The number of benzene rings is 1. The highest BCUT2D eigenvalue weighted by Gasteiger charge is 2.42. The average Bonchev–Trinajstić information content (AvgIpc) is 3.54. The number of rotatable bonds is 4. The Morgan fingerprint density at radius 3 is 2.48 bits per heavy atom. The summed E-state index contributed by atoms with van der Waals surface area (Å²) in [5.74, 6) is 0.438. The van der Waals surface area contributed by atoms with E-state index in [2.05, 4.69) is 5.16 Å². The number of aromatic nitrogens is 1. The fourth-order valence-corrected chi connectivity index (χ4v) is 4.09. The van der Waals surface area contributed by atoms with Gasteiger partial charge in [0.15, 0.2) is 11.5 Å². The Kier molecular flexibility index (Phi) is 4.78. The van der Waals surface area contributed by atoms with Crippen LogP contribution in [0.3, 0.4) is 0 Å². The molecule has 31 heavy (non-hydrogen) atoms. The van der Waals surface area contributed by atoms with Crippen LogP contribution < -0.4 is 4.90 Å². The summed E-state index contributed by atoms with van der Waals surface area (Å²) >= 11 is 0. The third-order valence-corrected chi connectivity index (χ3v) is 5.69. The van der Waals surface area contributed by atoms with E-state index in [1.54, 1.807) is 52.3 Å². The topological polar surface area (TPSA) is 100 Å². The molecule has 158 valence electrons. The Morgan fingerprint density at radius 1 is 1.00 bits per heavy atom. The van der Waals surface area contributed by atoms with Gasteiger partial charge in [0.1, 0.15) is 6.54 Å². The molecular formula is C22H20N4O5. The standard InChI is InChI=1S/C22H20N4O5/c27-20-14-25(22(29)26(20)16-5-2-1-3-6-16)15-8-10-24(11-9-15)21(28)17-13-19(31-23-17)18-7-4-12-30-18/h1-7,12-13,15H,8-11,14H2. The minimum Gasteiger partial charge on any atom is -0.461 e. The first-order chi connectivity index (χ1) is 15.1. The van der Waals surface area contributed by atoms with Crippen LogP contribution in [0.2, 0.25) is 0 Å². The maximum absolute atomic E-state index is 12.9. The second kappa shape index (κ2) is 7.75. The normalized spacial score (nSPS) is 17.6. The molecule has 2 aliphatic rings. The SMILES string of the molecule is O=C(c1cc(-c2ccco2)on1)N1CCC(N2CC(=O)N(c3ccccc3)C2=O)CC1. The molecule has 9 nitrogen and oxygen atoms in total. The van der Waals surface area contributed by atoms with Crippen molar-refractivity contribution in [2.75, 3.05) is 24.5 Å². The molecule has 0 spiro atoms.